The second kappa shape index (κ2) is 4.52. The molecule has 1 unspecified atom stereocenters. The number of hydrogen-bond acceptors (Lipinski definition) is 2. The Morgan fingerprint density at radius 3 is 2.47 bits per heavy atom. The van der Waals surface area contributed by atoms with Crippen molar-refractivity contribution in [1.82, 2.24) is 4.90 Å². The van der Waals surface area contributed by atoms with Crippen LogP contribution in [0.1, 0.15) is 47.0 Å². The summed E-state index contributed by atoms with van der Waals surface area (Å²) in [6.45, 7) is 8.87. The van der Waals surface area contributed by atoms with Crippen molar-refractivity contribution in [3.8, 4) is 0 Å². The monoisotopic (exact) mass is 213 g/mol. The van der Waals surface area contributed by atoms with Gasteiger partial charge in [-0.3, -0.25) is 9.69 Å². The molecule has 1 fully saturated rings. The van der Waals surface area contributed by atoms with E-state index in [1.165, 1.54) is 6.42 Å². The molecule has 3 heteroatoms. The molecule has 0 aromatic carbocycles. The Labute approximate surface area is 92.5 Å². The Morgan fingerprint density at radius 1 is 1.53 bits per heavy atom. The van der Waals surface area contributed by atoms with E-state index in [0.717, 1.165) is 12.8 Å². The summed E-state index contributed by atoms with van der Waals surface area (Å²) in [4.78, 5) is 12.9. The molecule has 0 radical (unpaired) electrons. The van der Waals surface area contributed by atoms with Crippen molar-refractivity contribution in [2.45, 2.75) is 59.0 Å². The minimum atomic E-state index is -0.714. The molecule has 1 saturated carbocycles. The van der Waals surface area contributed by atoms with E-state index in [9.17, 15) is 4.79 Å². The second-order valence-corrected chi connectivity index (χ2v) is 5.72. The molecule has 15 heavy (non-hydrogen) atoms. The van der Waals surface area contributed by atoms with Crippen LogP contribution < -0.4 is 0 Å². The minimum absolute atomic E-state index is 0.179. The molecule has 88 valence electrons. The average Bonchev–Trinajstić information content (AvgIpc) is 2.41. The summed E-state index contributed by atoms with van der Waals surface area (Å²) in [5.41, 5.74) is 0.385. The van der Waals surface area contributed by atoms with Gasteiger partial charge in [0.2, 0.25) is 0 Å². The lowest BCUT2D eigenvalue weighted by Gasteiger charge is -2.32. The van der Waals surface area contributed by atoms with Gasteiger partial charge in [-0.2, -0.15) is 0 Å². The zero-order chi connectivity index (χ0) is 11.6. The van der Waals surface area contributed by atoms with Crippen molar-refractivity contribution in [2.75, 3.05) is 6.54 Å². The van der Waals surface area contributed by atoms with E-state index in [0.29, 0.717) is 17.5 Å². The highest BCUT2D eigenvalue weighted by Crippen LogP contribution is 2.39. The van der Waals surface area contributed by atoms with E-state index in [-0.39, 0.29) is 6.54 Å². The molecule has 0 bridgehead atoms. The molecule has 3 nitrogen and oxygen atoms in total. The molecule has 1 aliphatic carbocycles. The van der Waals surface area contributed by atoms with Gasteiger partial charge in [0.25, 0.3) is 0 Å². The van der Waals surface area contributed by atoms with Crippen molar-refractivity contribution >= 4 is 5.97 Å². The molecule has 1 rings (SSSR count). The molecule has 0 aromatic heterocycles. The summed E-state index contributed by atoms with van der Waals surface area (Å²) in [5.74, 6) is -0.714. The minimum Gasteiger partial charge on any atom is -0.480 e. The van der Waals surface area contributed by atoms with Crippen LogP contribution in [0.3, 0.4) is 0 Å². The van der Waals surface area contributed by atoms with Gasteiger partial charge in [-0.25, -0.2) is 0 Å². The fraction of sp³-hybridized carbons (Fsp3) is 0.917. The van der Waals surface area contributed by atoms with Crippen molar-refractivity contribution in [3.63, 3.8) is 0 Å². The first-order valence-electron chi connectivity index (χ1n) is 5.79. The normalized spacial score (nSPS) is 25.1. The fourth-order valence-corrected chi connectivity index (χ4v) is 2.57. The highest BCUT2D eigenvalue weighted by molar-refractivity contribution is 5.69. The van der Waals surface area contributed by atoms with Crippen molar-refractivity contribution in [1.29, 1.82) is 0 Å². The van der Waals surface area contributed by atoms with E-state index < -0.39 is 5.97 Å². The SMILES string of the molecule is CC(C)N(CC(=O)O)C1CCC(C)(C)C1. The van der Waals surface area contributed by atoms with Gasteiger partial charge in [-0.15, -0.1) is 0 Å². The first-order chi connectivity index (χ1) is 6.82. The summed E-state index contributed by atoms with van der Waals surface area (Å²) in [5, 5.41) is 8.88. The standard InChI is InChI=1S/C12H23NO2/c1-9(2)13(8-11(14)15)10-5-6-12(3,4)7-10/h9-10H,5-8H2,1-4H3,(H,14,15). The third kappa shape index (κ3) is 3.49. The lowest BCUT2D eigenvalue weighted by Crippen LogP contribution is -2.42. The summed E-state index contributed by atoms with van der Waals surface area (Å²) >= 11 is 0. The van der Waals surface area contributed by atoms with Crippen molar-refractivity contribution < 1.29 is 9.90 Å². The van der Waals surface area contributed by atoms with Gasteiger partial charge in [0, 0.05) is 12.1 Å². The molecule has 0 aliphatic heterocycles. The van der Waals surface area contributed by atoms with Gasteiger partial charge in [0.1, 0.15) is 0 Å². The number of aliphatic carboxylic acids is 1. The van der Waals surface area contributed by atoms with Crippen LogP contribution >= 0.6 is 0 Å². The van der Waals surface area contributed by atoms with Gasteiger partial charge in [0.15, 0.2) is 0 Å². The first kappa shape index (κ1) is 12.5. The largest absolute Gasteiger partial charge is 0.480 e. The lowest BCUT2D eigenvalue weighted by molar-refractivity contribution is -0.139. The molecule has 0 saturated heterocycles. The zero-order valence-corrected chi connectivity index (χ0v) is 10.3. The third-order valence-electron chi connectivity index (χ3n) is 3.39. The van der Waals surface area contributed by atoms with Crippen molar-refractivity contribution in [3.05, 3.63) is 0 Å². The molecular weight excluding hydrogens is 190 g/mol. The number of carboxylic acids is 1. The topological polar surface area (TPSA) is 40.5 Å². The highest BCUT2D eigenvalue weighted by atomic mass is 16.4. The van der Waals surface area contributed by atoms with Gasteiger partial charge in [0.05, 0.1) is 6.54 Å². The van der Waals surface area contributed by atoms with Crippen LogP contribution in [0.15, 0.2) is 0 Å². The Kier molecular flexibility index (Phi) is 3.77. The van der Waals surface area contributed by atoms with Crippen LogP contribution in [-0.2, 0) is 4.79 Å². The van der Waals surface area contributed by atoms with Gasteiger partial charge in [-0.1, -0.05) is 13.8 Å². The van der Waals surface area contributed by atoms with E-state index >= 15 is 0 Å². The molecule has 1 atom stereocenters. The molecule has 1 aliphatic rings. The van der Waals surface area contributed by atoms with E-state index in [1.807, 2.05) is 0 Å². The van der Waals surface area contributed by atoms with Crippen LogP contribution in [0.4, 0.5) is 0 Å². The number of nitrogens with zero attached hydrogens (tertiary/aromatic N) is 1. The molecular formula is C12H23NO2. The van der Waals surface area contributed by atoms with Gasteiger partial charge in [-0.05, 0) is 38.5 Å². The quantitative estimate of drug-likeness (QED) is 0.779. The summed E-state index contributed by atoms with van der Waals surface area (Å²) in [7, 11) is 0. The Hall–Kier alpha value is -0.570. The maximum absolute atomic E-state index is 10.8. The summed E-state index contributed by atoms with van der Waals surface area (Å²) in [6.07, 6.45) is 3.47. The number of rotatable bonds is 4. The summed E-state index contributed by atoms with van der Waals surface area (Å²) < 4.78 is 0. The predicted molar refractivity (Wildman–Crippen MR) is 60.9 cm³/mol. The van der Waals surface area contributed by atoms with Crippen LogP contribution in [0.5, 0.6) is 0 Å². The first-order valence-corrected chi connectivity index (χ1v) is 5.79. The van der Waals surface area contributed by atoms with E-state index in [2.05, 4.69) is 32.6 Å². The van der Waals surface area contributed by atoms with Crippen LogP contribution in [0.25, 0.3) is 0 Å². The predicted octanol–water partition coefficient (Wildman–Crippen LogP) is 2.36. The number of carboxylic acid groups (broad SMARTS) is 1. The zero-order valence-electron chi connectivity index (χ0n) is 10.3. The molecule has 1 N–H and O–H groups in total. The number of carbonyl (C=O) groups is 1. The van der Waals surface area contributed by atoms with Crippen LogP contribution in [-0.4, -0.2) is 34.6 Å². The van der Waals surface area contributed by atoms with Crippen LogP contribution in [0.2, 0.25) is 0 Å². The molecule has 0 aromatic rings. The van der Waals surface area contributed by atoms with Gasteiger partial charge >= 0.3 is 5.97 Å². The van der Waals surface area contributed by atoms with Crippen LogP contribution in [0, 0.1) is 5.41 Å². The molecule has 0 amide bonds. The highest BCUT2D eigenvalue weighted by Gasteiger charge is 2.35. The smallest absolute Gasteiger partial charge is 0.317 e. The molecule has 0 spiro atoms. The van der Waals surface area contributed by atoms with Gasteiger partial charge < -0.3 is 5.11 Å². The number of hydrogen-bond donors (Lipinski definition) is 1. The van der Waals surface area contributed by atoms with E-state index in [1.54, 1.807) is 0 Å². The third-order valence-corrected chi connectivity index (χ3v) is 3.39. The fourth-order valence-electron chi connectivity index (χ4n) is 2.57. The van der Waals surface area contributed by atoms with Crippen molar-refractivity contribution in [2.24, 2.45) is 5.41 Å². The Morgan fingerprint density at radius 2 is 2.13 bits per heavy atom. The maximum Gasteiger partial charge on any atom is 0.317 e. The maximum atomic E-state index is 10.8. The van der Waals surface area contributed by atoms with E-state index in [4.69, 9.17) is 5.11 Å². The second-order valence-electron chi connectivity index (χ2n) is 5.72. The molecule has 0 heterocycles. The lowest BCUT2D eigenvalue weighted by atomic mass is 9.91. The Balaban J connectivity index is 2.62. The average molecular weight is 213 g/mol. The summed E-state index contributed by atoms with van der Waals surface area (Å²) in [6, 6.07) is 0.774. The Bertz CT molecular complexity index is 236.